The minimum absolute atomic E-state index is 0.0946. The third kappa shape index (κ3) is 2.26. The van der Waals surface area contributed by atoms with E-state index in [1.54, 1.807) is 18.2 Å². The molecule has 17 heavy (non-hydrogen) atoms. The van der Waals surface area contributed by atoms with Gasteiger partial charge in [0, 0.05) is 0 Å². The van der Waals surface area contributed by atoms with Gasteiger partial charge in [-0.15, -0.1) is 0 Å². The number of rotatable bonds is 5. The molecule has 1 atom stereocenters. The molecule has 0 aliphatic heterocycles. The quantitative estimate of drug-likeness (QED) is 0.790. The molecule has 0 amide bonds. The van der Waals surface area contributed by atoms with Crippen LogP contribution in [0.1, 0.15) is 23.2 Å². The lowest BCUT2D eigenvalue weighted by Gasteiger charge is -2.14. The van der Waals surface area contributed by atoms with E-state index in [2.05, 4.69) is 0 Å². The zero-order valence-electron chi connectivity index (χ0n) is 9.97. The van der Waals surface area contributed by atoms with Crippen LogP contribution in [0.2, 0.25) is 0 Å². The summed E-state index contributed by atoms with van der Waals surface area (Å²) >= 11 is 0. The van der Waals surface area contributed by atoms with Crippen molar-refractivity contribution in [2.24, 2.45) is 5.92 Å². The Hall–Kier alpha value is -1.55. The molecule has 4 nitrogen and oxygen atoms in total. The van der Waals surface area contributed by atoms with Crippen LogP contribution < -0.4 is 9.47 Å². The summed E-state index contributed by atoms with van der Waals surface area (Å²) in [7, 11) is 2.99. The van der Waals surface area contributed by atoms with E-state index >= 15 is 0 Å². The number of carbonyl (C=O) groups excluding carboxylic acids is 1. The maximum absolute atomic E-state index is 12.2. The molecule has 92 valence electrons. The summed E-state index contributed by atoms with van der Waals surface area (Å²) in [5, 5.41) is 9.89. The Morgan fingerprint density at radius 2 is 1.82 bits per heavy atom. The second kappa shape index (κ2) is 4.75. The van der Waals surface area contributed by atoms with Crippen molar-refractivity contribution < 1.29 is 19.4 Å². The predicted molar refractivity (Wildman–Crippen MR) is 62.6 cm³/mol. The van der Waals surface area contributed by atoms with Crippen molar-refractivity contribution in [3.8, 4) is 11.5 Å². The third-order valence-corrected chi connectivity index (χ3v) is 3.01. The average molecular weight is 236 g/mol. The molecule has 1 aromatic rings. The Bertz CT molecular complexity index is 401. The summed E-state index contributed by atoms with van der Waals surface area (Å²) in [5.41, 5.74) is 0.330. The topological polar surface area (TPSA) is 55.8 Å². The zero-order chi connectivity index (χ0) is 12.4. The molecule has 1 aromatic carbocycles. The molecule has 4 heteroatoms. The highest BCUT2D eigenvalue weighted by Gasteiger charge is 2.37. The maximum atomic E-state index is 12.2. The van der Waals surface area contributed by atoms with E-state index in [0.29, 0.717) is 17.1 Å². The van der Waals surface area contributed by atoms with E-state index in [1.165, 1.54) is 14.2 Å². The number of aliphatic hydroxyl groups excluding tert-OH is 1. The van der Waals surface area contributed by atoms with Crippen LogP contribution in [0.15, 0.2) is 18.2 Å². The van der Waals surface area contributed by atoms with E-state index in [1.807, 2.05) is 0 Å². The lowest BCUT2D eigenvalue weighted by molar-refractivity contribution is 0.0697. The van der Waals surface area contributed by atoms with E-state index in [0.717, 1.165) is 12.8 Å². The summed E-state index contributed by atoms with van der Waals surface area (Å²) in [4.78, 5) is 12.2. The molecule has 0 aromatic heterocycles. The number of Topliss-reactive ketones (excluding diaryl/α,β-unsaturated/α-hetero) is 1. The van der Waals surface area contributed by atoms with Gasteiger partial charge in [-0.05, 0) is 30.9 Å². The molecule has 0 heterocycles. The monoisotopic (exact) mass is 236 g/mol. The van der Waals surface area contributed by atoms with Crippen LogP contribution in [0.4, 0.5) is 0 Å². The highest BCUT2D eigenvalue weighted by Crippen LogP contribution is 2.37. The average Bonchev–Trinajstić information content (AvgIpc) is 3.20. The van der Waals surface area contributed by atoms with Gasteiger partial charge in [0.1, 0.15) is 23.2 Å². The fourth-order valence-corrected chi connectivity index (χ4v) is 1.87. The zero-order valence-corrected chi connectivity index (χ0v) is 9.97. The molecule has 2 rings (SSSR count). The van der Waals surface area contributed by atoms with Gasteiger partial charge in [0.05, 0.1) is 14.2 Å². The van der Waals surface area contributed by atoms with Crippen LogP contribution in [0.5, 0.6) is 11.5 Å². The second-order valence-electron chi connectivity index (χ2n) is 4.18. The number of ether oxygens (including phenoxy) is 2. The SMILES string of the molecule is COc1cccc(OC)c1C(=O)C(O)C1CC1. The van der Waals surface area contributed by atoms with Gasteiger partial charge < -0.3 is 14.6 Å². The Labute approximate surface area is 100 Å². The summed E-state index contributed by atoms with van der Waals surface area (Å²) in [6, 6.07) is 5.13. The lowest BCUT2D eigenvalue weighted by Crippen LogP contribution is -2.23. The van der Waals surface area contributed by atoms with E-state index in [9.17, 15) is 9.90 Å². The molecule has 1 aliphatic rings. The van der Waals surface area contributed by atoms with E-state index < -0.39 is 6.10 Å². The third-order valence-electron chi connectivity index (χ3n) is 3.01. The molecule has 1 aliphatic carbocycles. The minimum Gasteiger partial charge on any atom is -0.496 e. The van der Waals surface area contributed by atoms with Gasteiger partial charge in [-0.3, -0.25) is 4.79 Å². The van der Waals surface area contributed by atoms with Crippen LogP contribution in [0.3, 0.4) is 0 Å². The molecule has 0 bridgehead atoms. The fourth-order valence-electron chi connectivity index (χ4n) is 1.87. The first kappa shape index (κ1) is 11.9. The molecule has 1 fully saturated rings. The number of aliphatic hydroxyl groups is 1. The van der Waals surface area contributed by atoms with Gasteiger partial charge in [0.15, 0.2) is 5.78 Å². The van der Waals surface area contributed by atoms with Crippen LogP contribution in [0.25, 0.3) is 0 Å². The lowest BCUT2D eigenvalue weighted by atomic mass is 10.0. The Morgan fingerprint density at radius 3 is 2.24 bits per heavy atom. The summed E-state index contributed by atoms with van der Waals surface area (Å²) in [6.45, 7) is 0. The number of hydrogen-bond donors (Lipinski definition) is 1. The summed E-state index contributed by atoms with van der Waals surface area (Å²) in [6.07, 6.45) is 0.870. The minimum atomic E-state index is -0.944. The summed E-state index contributed by atoms with van der Waals surface area (Å²) < 4.78 is 10.3. The van der Waals surface area contributed by atoms with Gasteiger partial charge in [-0.1, -0.05) is 6.07 Å². The highest BCUT2D eigenvalue weighted by atomic mass is 16.5. The smallest absolute Gasteiger partial charge is 0.199 e. The number of hydrogen-bond acceptors (Lipinski definition) is 4. The van der Waals surface area contributed by atoms with Gasteiger partial charge in [-0.25, -0.2) is 0 Å². The maximum Gasteiger partial charge on any atom is 0.199 e. The van der Waals surface area contributed by atoms with Crippen LogP contribution >= 0.6 is 0 Å². The first-order chi connectivity index (χ1) is 8.19. The normalized spacial score (nSPS) is 16.4. The van der Waals surface area contributed by atoms with Crippen LogP contribution in [0, 0.1) is 5.92 Å². The largest absolute Gasteiger partial charge is 0.496 e. The molecule has 0 spiro atoms. The molecular weight excluding hydrogens is 220 g/mol. The predicted octanol–water partition coefficient (Wildman–Crippen LogP) is 1.66. The van der Waals surface area contributed by atoms with Crippen molar-refractivity contribution in [1.29, 1.82) is 0 Å². The molecule has 0 radical (unpaired) electrons. The van der Waals surface area contributed by atoms with Crippen molar-refractivity contribution in [2.75, 3.05) is 14.2 Å². The number of benzene rings is 1. The van der Waals surface area contributed by atoms with E-state index in [4.69, 9.17) is 9.47 Å². The fraction of sp³-hybridized carbons (Fsp3) is 0.462. The number of carbonyl (C=O) groups is 1. The van der Waals surface area contributed by atoms with E-state index in [-0.39, 0.29) is 11.7 Å². The molecule has 0 saturated heterocycles. The Morgan fingerprint density at radius 1 is 1.29 bits per heavy atom. The Balaban J connectivity index is 2.37. The van der Waals surface area contributed by atoms with Crippen molar-refractivity contribution in [3.05, 3.63) is 23.8 Å². The summed E-state index contributed by atoms with van der Waals surface area (Å²) in [5.74, 6) is 0.655. The second-order valence-corrected chi connectivity index (χ2v) is 4.18. The molecule has 1 saturated carbocycles. The van der Waals surface area contributed by atoms with Gasteiger partial charge in [0.2, 0.25) is 0 Å². The highest BCUT2D eigenvalue weighted by molar-refractivity contribution is 6.04. The van der Waals surface area contributed by atoms with Crippen molar-refractivity contribution >= 4 is 5.78 Å². The first-order valence-corrected chi connectivity index (χ1v) is 5.62. The standard InChI is InChI=1S/C13H16O4/c1-16-9-4-3-5-10(17-2)11(9)13(15)12(14)8-6-7-8/h3-5,8,12,14H,6-7H2,1-2H3. The first-order valence-electron chi connectivity index (χ1n) is 5.62. The number of ketones is 1. The molecular formula is C13H16O4. The Kier molecular flexibility index (Phi) is 3.33. The molecule has 1 unspecified atom stereocenters. The van der Waals surface area contributed by atoms with Crippen molar-refractivity contribution in [1.82, 2.24) is 0 Å². The van der Waals surface area contributed by atoms with Crippen LogP contribution in [-0.4, -0.2) is 31.2 Å². The number of methoxy groups -OCH3 is 2. The van der Waals surface area contributed by atoms with Crippen LogP contribution in [-0.2, 0) is 0 Å². The van der Waals surface area contributed by atoms with Crippen molar-refractivity contribution in [3.63, 3.8) is 0 Å². The van der Waals surface area contributed by atoms with Gasteiger partial charge in [0.25, 0.3) is 0 Å². The van der Waals surface area contributed by atoms with Crippen molar-refractivity contribution in [2.45, 2.75) is 18.9 Å². The van der Waals surface area contributed by atoms with Gasteiger partial charge >= 0.3 is 0 Å². The molecule has 1 N–H and O–H groups in total. The van der Waals surface area contributed by atoms with Gasteiger partial charge in [-0.2, -0.15) is 0 Å².